The zero-order valence-corrected chi connectivity index (χ0v) is 20.2. The predicted octanol–water partition coefficient (Wildman–Crippen LogP) is -0.252. The third kappa shape index (κ3) is 12.0. The number of hydrazine groups is 1. The lowest BCUT2D eigenvalue weighted by molar-refractivity contribution is -0.525. The normalized spacial score (nSPS) is 13.9. The quantitative estimate of drug-likeness (QED) is 0.0475. The van der Waals surface area contributed by atoms with Gasteiger partial charge in [0.2, 0.25) is 11.8 Å². The van der Waals surface area contributed by atoms with Gasteiger partial charge in [0.25, 0.3) is 5.96 Å². The Kier molecular flexibility index (Phi) is 13.1. The number of nitro groups is 1. The molecular weight excluding hydrogens is 459 g/mol. The molecule has 1 aromatic rings. The Morgan fingerprint density at radius 3 is 2.43 bits per heavy atom. The summed E-state index contributed by atoms with van der Waals surface area (Å²) in [6.07, 6.45) is 0.876. The van der Waals surface area contributed by atoms with Gasteiger partial charge < -0.3 is 31.2 Å². The van der Waals surface area contributed by atoms with Crippen molar-refractivity contribution < 1.29 is 29.4 Å². The number of aliphatic imine (C=N–C) groups is 1. The van der Waals surface area contributed by atoms with Gasteiger partial charge in [0, 0.05) is 6.42 Å². The fourth-order valence-electron chi connectivity index (χ4n) is 3.26. The molecule has 0 radical (unpaired) electrons. The summed E-state index contributed by atoms with van der Waals surface area (Å²) in [5.74, 6) is -2.01. The highest BCUT2D eigenvalue weighted by molar-refractivity contribution is 6.43. The maximum Gasteiger partial charge on any atom is 0.475 e. The van der Waals surface area contributed by atoms with Crippen LogP contribution in [0.1, 0.15) is 46.5 Å². The van der Waals surface area contributed by atoms with Gasteiger partial charge in [-0.3, -0.25) is 9.59 Å². The second-order valence-corrected chi connectivity index (χ2v) is 8.33. The van der Waals surface area contributed by atoms with E-state index in [1.807, 2.05) is 32.0 Å². The number of ether oxygens (including phenoxy) is 1. The average Bonchev–Trinajstić information content (AvgIpc) is 2.78. The molecule has 1 aromatic carbocycles. The number of nitrogens with one attached hydrogen (secondary N) is 3. The van der Waals surface area contributed by atoms with Gasteiger partial charge in [0.1, 0.15) is 11.8 Å². The van der Waals surface area contributed by atoms with E-state index in [2.05, 4.69) is 15.6 Å². The third-order valence-electron chi connectivity index (χ3n) is 4.89. The average molecular weight is 494 g/mol. The fraction of sp³-hybridized carbons (Fsp3) is 0.571. The molecule has 0 saturated heterocycles. The number of nitrogens with zero attached hydrogens (tertiary/aromatic N) is 2. The van der Waals surface area contributed by atoms with Crippen molar-refractivity contribution in [2.24, 2.45) is 16.6 Å². The molecule has 0 fully saturated rings. The summed E-state index contributed by atoms with van der Waals surface area (Å²) in [5.41, 5.74) is 7.25. The van der Waals surface area contributed by atoms with Gasteiger partial charge in [-0.2, -0.15) is 0 Å². The van der Waals surface area contributed by atoms with Gasteiger partial charge in [-0.05, 0) is 37.3 Å². The van der Waals surface area contributed by atoms with Gasteiger partial charge in [-0.15, -0.1) is 0 Å². The van der Waals surface area contributed by atoms with Crippen LogP contribution in [-0.2, 0) is 9.59 Å². The summed E-state index contributed by atoms with van der Waals surface area (Å²) in [6, 6.07) is 6.87. The summed E-state index contributed by atoms with van der Waals surface area (Å²) >= 11 is 0. The Morgan fingerprint density at radius 2 is 1.89 bits per heavy atom. The highest BCUT2D eigenvalue weighted by Crippen LogP contribution is 2.11. The minimum Gasteiger partial charge on any atom is -0.494 e. The number of rotatable bonds is 15. The number of para-hydroxylation sites is 1. The second-order valence-electron chi connectivity index (χ2n) is 8.33. The minimum absolute atomic E-state index is 0.0391. The molecule has 1 rings (SSSR count). The molecule has 194 valence electrons. The largest absolute Gasteiger partial charge is 0.494 e. The number of nitrogens with two attached hydrogens (primary N) is 1. The summed E-state index contributed by atoms with van der Waals surface area (Å²) in [4.78, 5) is 40.3. The van der Waals surface area contributed by atoms with Crippen molar-refractivity contribution in [2.75, 3.05) is 6.61 Å². The molecule has 7 N–H and O–H groups in total. The Hall–Kier alpha value is -3.39. The molecule has 0 heterocycles. The Labute approximate surface area is 204 Å². The monoisotopic (exact) mass is 494 g/mol. The first-order valence-corrected chi connectivity index (χ1v) is 11.4. The van der Waals surface area contributed by atoms with Crippen LogP contribution >= 0.6 is 0 Å². The summed E-state index contributed by atoms with van der Waals surface area (Å²) in [5, 5.41) is 34.2. The zero-order valence-electron chi connectivity index (χ0n) is 20.2. The summed E-state index contributed by atoms with van der Waals surface area (Å²) in [6.45, 7) is 5.64. The van der Waals surface area contributed by atoms with Crippen molar-refractivity contribution in [1.82, 2.24) is 16.1 Å². The summed E-state index contributed by atoms with van der Waals surface area (Å²) < 4.78 is 5.56. The molecule has 0 aliphatic rings. The van der Waals surface area contributed by atoms with E-state index < -0.39 is 47.9 Å². The number of carbonyl (C=O) groups is 2. The van der Waals surface area contributed by atoms with E-state index >= 15 is 0 Å². The fourth-order valence-corrected chi connectivity index (χ4v) is 3.26. The Balaban J connectivity index is 2.91. The molecule has 14 heteroatoms. The van der Waals surface area contributed by atoms with Crippen LogP contribution in [0.25, 0.3) is 0 Å². The van der Waals surface area contributed by atoms with Crippen LogP contribution in [0.5, 0.6) is 5.75 Å². The molecular formula is C21H35BN6O7. The molecule has 0 saturated carbocycles. The van der Waals surface area contributed by atoms with Gasteiger partial charge in [-0.25, -0.2) is 15.1 Å². The lowest BCUT2D eigenvalue weighted by atomic mass is 9.75. The standard InChI is InChI=1S/C21H35BN6O7/c1-4-16(24-21(23)27-28(33)34)19(20(30)25-17(22(31)32)13-14(2)3)26-18(29)11-8-12-35-15-9-6-5-7-10-15/h5-7,9-10,14,16-17,19,31-32H,4,8,11-13H2,1-3H3,(H,25,30)(H,26,29)(H3,23,24,27)/t16?,17-,19-/m0/s1. The van der Waals surface area contributed by atoms with Gasteiger partial charge >= 0.3 is 7.12 Å². The molecule has 13 nitrogen and oxygen atoms in total. The maximum atomic E-state index is 13.1. The van der Waals surface area contributed by atoms with Crippen LogP contribution in [0.2, 0.25) is 0 Å². The van der Waals surface area contributed by atoms with Gasteiger partial charge in [0.05, 0.1) is 18.6 Å². The van der Waals surface area contributed by atoms with Crippen molar-refractivity contribution in [3.8, 4) is 5.75 Å². The van der Waals surface area contributed by atoms with Crippen LogP contribution in [0.4, 0.5) is 0 Å². The molecule has 0 aliphatic heterocycles. The van der Waals surface area contributed by atoms with E-state index in [4.69, 9.17) is 10.5 Å². The van der Waals surface area contributed by atoms with E-state index in [0.29, 0.717) is 12.2 Å². The van der Waals surface area contributed by atoms with Crippen LogP contribution in [0, 0.1) is 16.0 Å². The first-order chi connectivity index (χ1) is 16.5. The topological polar surface area (TPSA) is 201 Å². The van der Waals surface area contributed by atoms with E-state index in [1.165, 1.54) is 0 Å². The molecule has 2 amide bonds. The number of carbonyl (C=O) groups excluding carboxylic acids is 2. The molecule has 35 heavy (non-hydrogen) atoms. The first-order valence-electron chi connectivity index (χ1n) is 11.4. The highest BCUT2D eigenvalue weighted by atomic mass is 16.7. The SMILES string of the molecule is CCC(N=C(N)N[N+](=O)[O-])[C@H](NC(=O)CCCOc1ccccc1)C(=O)N[C@@H](CC(C)C)B(O)O. The van der Waals surface area contributed by atoms with Crippen molar-refractivity contribution in [2.45, 2.75) is 64.5 Å². The van der Waals surface area contributed by atoms with Crippen LogP contribution in [-0.4, -0.2) is 64.6 Å². The minimum atomic E-state index is -1.82. The molecule has 0 spiro atoms. The molecule has 0 bridgehead atoms. The van der Waals surface area contributed by atoms with E-state index in [-0.39, 0.29) is 31.8 Å². The van der Waals surface area contributed by atoms with E-state index in [9.17, 15) is 29.8 Å². The maximum absolute atomic E-state index is 13.1. The lowest BCUT2D eigenvalue weighted by Gasteiger charge is -2.27. The number of guanidine groups is 1. The smallest absolute Gasteiger partial charge is 0.475 e. The number of amides is 2. The summed E-state index contributed by atoms with van der Waals surface area (Å²) in [7, 11) is -1.82. The predicted molar refractivity (Wildman–Crippen MR) is 131 cm³/mol. The van der Waals surface area contributed by atoms with Crippen LogP contribution in [0.3, 0.4) is 0 Å². The first kappa shape index (κ1) is 29.6. The van der Waals surface area contributed by atoms with Gasteiger partial charge in [-0.1, -0.05) is 44.4 Å². The van der Waals surface area contributed by atoms with Crippen LogP contribution < -0.4 is 26.5 Å². The van der Waals surface area contributed by atoms with Crippen molar-refractivity contribution in [1.29, 1.82) is 0 Å². The Morgan fingerprint density at radius 1 is 1.23 bits per heavy atom. The lowest BCUT2D eigenvalue weighted by Crippen LogP contribution is -2.58. The number of hydrogen-bond acceptors (Lipinski definition) is 8. The van der Waals surface area contributed by atoms with E-state index in [1.54, 1.807) is 24.5 Å². The number of hydrogen-bond donors (Lipinski definition) is 6. The second kappa shape index (κ2) is 15.5. The highest BCUT2D eigenvalue weighted by Gasteiger charge is 2.33. The third-order valence-corrected chi connectivity index (χ3v) is 4.89. The van der Waals surface area contributed by atoms with Crippen molar-refractivity contribution in [3.05, 3.63) is 40.4 Å². The van der Waals surface area contributed by atoms with Crippen molar-refractivity contribution in [3.63, 3.8) is 0 Å². The Bertz CT molecular complexity index is 841. The van der Waals surface area contributed by atoms with Crippen LogP contribution in [0.15, 0.2) is 35.3 Å². The molecule has 3 atom stereocenters. The zero-order chi connectivity index (χ0) is 26.4. The molecule has 0 aromatic heterocycles. The molecule has 1 unspecified atom stereocenters. The number of benzene rings is 1. The van der Waals surface area contributed by atoms with E-state index in [0.717, 1.165) is 0 Å². The van der Waals surface area contributed by atoms with Crippen molar-refractivity contribution >= 4 is 24.9 Å². The molecule has 0 aliphatic carbocycles. The van der Waals surface area contributed by atoms with Gasteiger partial charge in [0.15, 0.2) is 5.03 Å².